The summed E-state index contributed by atoms with van der Waals surface area (Å²) in [5, 5.41) is 0. The van der Waals surface area contributed by atoms with Crippen LogP contribution in [-0.4, -0.2) is 40.1 Å². The Kier molecular flexibility index (Phi) is 14.3. The van der Waals surface area contributed by atoms with Gasteiger partial charge in [0.15, 0.2) is 0 Å². The number of rotatable bonds is 15. The van der Waals surface area contributed by atoms with Crippen molar-refractivity contribution in [2.24, 2.45) is 5.92 Å². The Morgan fingerprint density at radius 3 is 2.57 bits per heavy atom. The topological polar surface area (TPSA) is 36.9 Å². The molecule has 156 valence electrons. The van der Waals surface area contributed by atoms with Crippen molar-refractivity contribution in [3.63, 3.8) is 0 Å². The molecule has 0 spiro atoms. The molecule has 28 heavy (non-hydrogen) atoms. The molecule has 1 rings (SSSR count). The van der Waals surface area contributed by atoms with E-state index in [-0.39, 0.29) is 0 Å². The van der Waals surface area contributed by atoms with E-state index < -0.39 is 0 Å². The molecule has 0 bridgehead atoms. The molecule has 1 atom stereocenters. The summed E-state index contributed by atoms with van der Waals surface area (Å²) >= 11 is 5.67. The van der Waals surface area contributed by atoms with Gasteiger partial charge in [-0.1, -0.05) is 49.4 Å². The molecule has 1 aromatic rings. The number of methoxy groups -OCH3 is 2. The minimum atomic E-state index is 0.293. The molecule has 0 aliphatic heterocycles. The molecule has 4 nitrogen and oxygen atoms in total. The van der Waals surface area contributed by atoms with Crippen LogP contribution in [0.3, 0.4) is 0 Å². The average molecular weight is 409 g/mol. The van der Waals surface area contributed by atoms with E-state index >= 15 is 0 Å². The Morgan fingerprint density at radius 1 is 1.11 bits per heavy atom. The Morgan fingerprint density at radius 2 is 1.89 bits per heavy atom. The average Bonchev–Trinajstić information content (AvgIpc) is 2.72. The molecule has 0 fully saturated rings. The SMILES string of the molecule is COCOC/C=C(\C=C\[C@@H](C)C/C=C/CCl)CCOCc1ccc(OC)cc1. The fourth-order valence-corrected chi connectivity index (χ4v) is 2.52. The highest BCUT2D eigenvalue weighted by atomic mass is 35.5. The highest BCUT2D eigenvalue weighted by Gasteiger charge is 1.99. The summed E-state index contributed by atoms with van der Waals surface area (Å²) in [5.41, 5.74) is 2.32. The van der Waals surface area contributed by atoms with Gasteiger partial charge in [0.1, 0.15) is 12.5 Å². The van der Waals surface area contributed by atoms with Gasteiger partial charge in [-0.15, -0.1) is 11.6 Å². The minimum absolute atomic E-state index is 0.293. The van der Waals surface area contributed by atoms with Crippen molar-refractivity contribution in [3.05, 3.63) is 65.8 Å². The normalized spacial score (nSPS) is 13.5. The zero-order valence-electron chi connectivity index (χ0n) is 17.2. The highest BCUT2D eigenvalue weighted by Crippen LogP contribution is 2.13. The van der Waals surface area contributed by atoms with Crippen molar-refractivity contribution < 1.29 is 18.9 Å². The number of alkyl halides is 1. The molecular weight excluding hydrogens is 376 g/mol. The first-order valence-corrected chi connectivity index (χ1v) is 10.1. The first kappa shape index (κ1) is 24.4. The summed E-state index contributed by atoms with van der Waals surface area (Å²) in [7, 11) is 3.28. The summed E-state index contributed by atoms with van der Waals surface area (Å²) in [6.07, 6.45) is 12.3. The Balaban J connectivity index is 2.47. The highest BCUT2D eigenvalue weighted by molar-refractivity contribution is 6.18. The molecule has 0 saturated heterocycles. The zero-order chi connectivity index (χ0) is 20.5. The summed E-state index contributed by atoms with van der Waals surface area (Å²) in [5.74, 6) is 1.86. The first-order valence-electron chi connectivity index (χ1n) is 9.55. The van der Waals surface area contributed by atoms with Gasteiger partial charge in [-0.2, -0.15) is 0 Å². The van der Waals surface area contributed by atoms with Gasteiger partial charge < -0.3 is 18.9 Å². The van der Waals surface area contributed by atoms with Crippen molar-refractivity contribution in [1.29, 1.82) is 0 Å². The van der Waals surface area contributed by atoms with Gasteiger partial charge in [-0.3, -0.25) is 0 Å². The predicted molar refractivity (Wildman–Crippen MR) is 116 cm³/mol. The third-order valence-corrected chi connectivity index (χ3v) is 4.21. The lowest BCUT2D eigenvalue weighted by Gasteiger charge is -2.08. The van der Waals surface area contributed by atoms with E-state index in [1.807, 2.05) is 30.3 Å². The van der Waals surface area contributed by atoms with Crippen LogP contribution in [0.5, 0.6) is 5.75 Å². The molecule has 0 radical (unpaired) electrons. The van der Waals surface area contributed by atoms with E-state index in [4.69, 9.17) is 30.5 Å². The molecule has 0 unspecified atom stereocenters. The second kappa shape index (κ2) is 16.4. The van der Waals surface area contributed by atoms with Gasteiger partial charge in [-0.05, 0) is 42.0 Å². The number of hydrogen-bond acceptors (Lipinski definition) is 4. The molecule has 5 heteroatoms. The fraction of sp³-hybridized carbons (Fsp3) is 0.478. The molecule has 0 N–H and O–H groups in total. The van der Waals surface area contributed by atoms with Crippen LogP contribution in [-0.2, 0) is 20.8 Å². The van der Waals surface area contributed by atoms with Crippen LogP contribution < -0.4 is 4.74 Å². The number of hydrogen-bond donors (Lipinski definition) is 0. The quantitative estimate of drug-likeness (QED) is 0.126. The summed E-state index contributed by atoms with van der Waals surface area (Å²) in [6.45, 7) is 4.23. The number of ether oxygens (including phenoxy) is 4. The lowest BCUT2D eigenvalue weighted by atomic mass is 10.0. The number of benzene rings is 1. The molecule has 0 aliphatic rings. The predicted octanol–water partition coefficient (Wildman–Crippen LogP) is 5.53. The Labute approximate surface area is 174 Å². The minimum Gasteiger partial charge on any atom is -0.497 e. The van der Waals surface area contributed by atoms with E-state index in [1.54, 1.807) is 14.2 Å². The van der Waals surface area contributed by atoms with Crippen molar-refractivity contribution in [2.45, 2.75) is 26.4 Å². The van der Waals surface area contributed by atoms with Crippen molar-refractivity contribution in [2.75, 3.05) is 40.1 Å². The van der Waals surface area contributed by atoms with Crippen molar-refractivity contribution in [1.82, 2.24) is 0 Å². The lowest BCUT2D eigenvalue weighted by Crippen LogP contribution is -2.00. The molecule has 0 heterocycles. The maximum Gasteiger partial charge on any atom is 0.146 e. The van der Waals surface area contributed by atoms with Crippen LogP contribution in [0.1, 0.15) is 25.3 Å². The van der Waals surface area contributed by atoms with E-state index in [0.717, 1.165) is 24.2 Å². The standard InChI is InChI=1S/C23H33ClO4/c1-20(6-4-5-15-24)7-8-21(14-17-28-19-25-2)13-16-27-18-22-9-11-23(26-3)12-10-22/h4-5,7-12,14,20H,6,13,15-19H2,1-3H3/b5-4+,8-7+,21-14+/t20-/m0/s1. The van der Waals surface area contributed by atoms with Crippen LogP contribution in [0.15, 0.2) is 60.2 Å². The smallest absolute Gasteiger partial charge is 0.146 e. The van der Waals surface area contributed by atoms with Crippen LogP contribution in [0, 0.1) is 5.92 Å². The monoisotopic (exact) mass is 408 g/mol. The van der Waals surface area contributed by atoms with Crippen molar-refractivity contribution in [3.8, 4) is 5.75 Å². The van der Waals surface area contributed by atoms with Crippen molar-refractivity contribution >= 4 is 11.6 Å². The number of halogens is 1. The summed E-state index contributed by atoms with van der Waals surface area (Å²) < 4.78 is 21.3. The molecule has 0 aliphatic carbocycles. The Bertz CT molecular complexity index is 593. The summed E-state index contributed by atoms with van der Waals surface area (Å²) in [6, 6.07) is 7.92. The summed E-state index contributed by atoms with van der Waals surface area (Å²) in [4.78, 5) is 0. The van der Waals surface area contributed by atoms with Crippen LogP contribution >= 0.6 is 11.6 Å². The van der Waals surface area contributed by atoms with Gasteiger partial charge >= 0.3 is 0 Å². The van der Waals surface area contributed by atoms with Gasteiger partial charge in [0.2, 0.25) is 0 Å². The van der Waals surface area contributed by atoms with E-state index in [1.165, 1.54) is 5.57 Å². The largest absolute Gasteiger partial charge is 0.497 e. The Hall–Kier alpha value is -1.59. The van der Waals surface area contributed by atoms with Crippen LogP contribution in [0.2, 0.25) is 0 Å². The van der Waals surface area contributed by atoms with Crippen LogP contribution in [0.25, 0.3) is 0 Å². The maximum absolute atomic E-state index is 5.83. The van der Waals surface area contributed by atoms with Crippen LogP contribution in [0.4, 0.5) is 0 Å². The molecule has 0 saturated carbocycles. The van der Waals surface area contributed by atoms with Gasteiger partial charge in [0.25, 0.3) is 0 Å². The van der Waals surface area contributed by atoms with Gasteiger partial charge in [-0.25, -0.2) is 0 Å². The molecule has 0 amide bonds. The van der Waals surface area contributed by atoms with Gasteiger partial charge in [0, 0.05) is 13.0 Å². The third kappa shape index (κ3) is 12.0. The van der Waals surface area contributed by atoms with E-state index in [2.05, 4.69) is 31.2 Å². The van der Waals surface area contributed by atoms with E-state index in [0.29, 0.717) is 38.4 Å². The molecule has 0 aromatic heterocycles. The number of allylic oxidation sites excluding steroid dienone is 4. The molecular formula is C23H33ClO4. The van der Waals surface area contributed by atoms with Gasteiger partial charge in [0.05, 0.1) is 26.9 Å². The second-order valence-electron chi connectivity index (χ2n) is 6.40. The maximum atomic E-state index is 5.83. The second-order valence-corrected chi connectivity index (χ2v) is 6.71. The van der Waals surface area contributed by atoms with E-state index in [9.17, 15) is 0 Å². The zero-order valence-corrected chi connectivity index (χ0v) is 18.0. The third-order valence-electron chi connectivity index (χ3n) is 4.03. The lowest BCUT2D eigenvalue weighted by molar-refractivity contribution is -0.0188. The first-order chi connectivity index (χ1) is 13.7. The molecule has 1 aromatic carbocycles. The fourth-order valence-electron chi connectivity index (χ4n) is 2.39.